The van der Waals surface area contributed by atoms with E-state index < -0.39 is 0 Å². The van der Waals surface area contributed by atoms with Gasteiger partial charge in [-0.1, -0.05) is 0 Å². The summed E-state index contributed by atoms with van der Waals surface area (Å²) in [5.41, 5.74) is 0.115. The maximum atomic E-state index is 11.9. The highest BCUT2D eigenvalue weighted by Crippen LogP contribution is 2.15. The maximum absolute atomic E-state index is 11.9. The Morgan fingerprint density at radius 1 is 1.50 bits per heavy atom. The largest absolute Gasteiger partial charge is 0.394 e. The third-order valence-electron chi connectivity index (χ3n) is 2.84. The number of hydrogen-bond acceptors (Lipinski definition) is 5. The van der Waals surface area contributed by atoms with Gasteiger partial charge in [-0.15, -0.1) is 0 Å². The molecule has 112 valence electrons. The van der Waals surface area contributed by atoms with Crippen molar-refractivity contribution in [3.63, 3.8) is 0 Å². The number of amides is 1. The van der Waals surface area contributed by atoms with Crippen LogP contribution in [-0.2, 0) is 11.3 Å². The Morgan fingerprint density at radius 2 is 2.15 bits per heavy atom. The van der Waals surface area contributed by atoms with Gasteiger partial charge in [-0.05, 0) is 29.8 Å². The number of aliphatic hydroxyl groups excluding tert-OH is 1. The molecule has 0 saturated carbocycles. The van der Waals surface area contributed by atoms with Crippen LogP contribution in [0.15, 0.2) is 15.5 Å². The van der Waals surface area contributed by atoms with Crippen molar-refractivity contribution < 1.29 is 9.90 Å². The molecule has 0 aliphatic heterocycles. The molecule has 0 radical (unpaired) electrons. The molecule has 1 rings (SSSR count). The van der Waals surface area contributed by atoms with Crippen molar-refractivity contribution in [2.75, 3.05) is 31.6 Å². The zero-order valence-electron chi connectivity index (χ0n) is 11.6. The molecule has 1 aromatic rings. The van der Waals surface area contributed by atoms with Crippen LogP contribution in [0.4, 0.5) is 5.69 Å². The summed E-state index contributed by atoms with van der Waals surface area (Å²) in [5.74, 6) is -0.0403. The van der Waals surface area contributed by atoms with Crippen molar-refractivity contribution >= 4 is 27.5 Å². The van der Waals surface area contributed by atoms with Gasteiger partial charge in [0, 0.05) is 13.1 Å². The molecule has 0 spiro atoms. The van der Waals surface area contributed by atoms with E-state index in [0.717, 1.165) is 4.68 Å². The van der Waals surface area contributed by atoms with E-state index in [-0.39, 0.29) is 31.2 Å². The Labute approximate surface area is 125 Å². The normalized spacial score (nSPS) is 10.4. The lowest BCUT2D eigenvalue weighted by molar-refractivity contribution is -0.128. The number of anilines is 1. The quantitative estimate of drug-likeness (QED) is 0.740. The summed E-state index contributed by atoms with van der Waals surface area (Å²) in [6, 6.07) is 0. The Morgan fingerprint density at radius 3 is 2.70 bits per heavy atom. The second-order valence-electron chi connectivity index (χ2n) is 4.04. The average Bonchev–Trinajstić information content (AvgIpc) is 2.44. The van der Waals surface area contributed by atoms with Crippen molar-refractivity contribution in [2.24, 2.45) is 0 Å². The lowest BCUT2D eigenvalue weighted by Crippen LogP contribution is -2.35. The second kappa shape index (κ2) is 8.01. The van der Waals surface area contributed by atoms with Crippen molar-refractivity contribution in [1.82, 2.24) is 14.7 Å². The summed E-state index contributed by atoms with van der Waals surface area (Å²) in [7, 11) is 0. The van der Waals surface area contributed by atoms with E-state index in [1.165, 1.54) is 6.20 Å². The summed E-state index contributed by atoms with van der Waals surface area (Å²) in [6.45, 7) is 5.20. The minimum atomic E-state index is -0.348. The predicted octanol–water partition coefficient (Wildman–Crippen LogP) is 0.278. The van der Waals surface area contributed by atoms with Gasteiger partial charge in [0.05, 0.1) is 31.6 Å². The minimum Gasteiger partial charge on any atom is -0.394 e. The van der Waals surface area contributed by atoms with E-state index in [1.54, 1.807) is 4.90 Å². The number of nitrogens with zero attached hydrogens (tertiary/aromatic N) is 3. The van der Waals surface area contributed by atoms with Gasteiger partial charge in [0.25, 0.3) is 5.56 Å². The van der Waals surface area contributed by atoms with E-state index in [9.17, 15) is 9.59 Å². The first-order valence-corrected chi connectivity index (χ1v) is 7.22. The van der Waals surface area contributed by atoms with Crippen LogP contribution < -0.4 is 10.9 Å². The first-order valence-electron chi connectivity index (χ1n) is 6.43. The summed E-state index contributed by atoms with van der Waals surface area (Å²) in [5, 5.41) is 15.6. The molecule has 0 aliphatic carbocycles. The van der Waals surface area contributed by atoms with E-state index in [4.69, 9.17) is 5.11 Å². The Kier molecular flexibility index (Phi) is 6.66. The molecular weight excluding hydrogens is 328 g/mol. The number of nitrogens with one attached hydrogen (secondary N) is 1. The maximum Gasteiger partial charge on any atom is 0.283 e. The zero-order valence-corrected chi connectivity index (χ0v) is 13.2. The monoisotopic (exact) mass is 346 g/mol. The smallest absolute Gasteiger partial charge is 0.283 e. The number of hydrogen-bond donors (Lipinski definition) is 2. The zero-order chi connectivity index (χ0) is 15.1. The SMILES string of the molecule is CCN(CC)C(=O)CNc1cnn(CCO)c(=O)c1Br. The van der Waals surface area contributed by atoms with Crippen LogP contribution in [0.1, 0.15) is 13.8 Å². The van der Waals surface area contributed by atoms with Crippen LogP contribution in [0.25, 0.3) is 0 Å². The van der Waals surface area contributed by atoms with E-state index in [2.05, 4.69) is 26.3 Å². The molecule has 0 aromatic carbocycles. The fraction of sp³-hybridized carbons (Fsp3) is 0.583. The van der Waals surface area contributed by atoms with Gasteiger partial charge in [-0.3, -0.25) is 9.59 Å². The van der Waals surface area contributed by atoms with Crippen LogP contribution in [0.5, 0.6) is 0 Å². The molecule has 1 amide bonds. The Hall–Kier alpha value is -1.41. The molecule has 0 fully saturated rings. The van der Waals surface area contributed by atoms with E-state index in [0.29, 0.717) is 23.2 Å². The highest BCUT2D eigenvalue weighted by atomic mass is 79.9. The molecule has 2 N–H and O–H groups in total. The van der Waals surface area contributed by atoms with Gasteiger partial charge in [-0.2, -0.15) is 5.10 Å². The number of carbonyl (C=O) groups excluding carboxylic acids is 1. The molecule has 20 heavy (non-hydrogen) atoms. The molecule has 0 atom stereocenters. The third kappa shape index (κ3) is 4.04. The number of rotatable bonds is 7. The first kappa shape index (κ1) is 16.6. The van der Waals surface area contributed by atoms with Crippen molar-refractivity contribution in [3.05, 3.63) is 21.0 Å². The van der Waals surface area contributed by atoms with E-state index >= 15 is 0 Å². The van der Waals surface area contributed by atoms with E-state index in [1.807, 2.05) is 13.8 Å². The van der Waals surface area contributed by atoms with Gasteiger partial charge < -0.3 is 15.3 Å². The fourth-order valence-electron chi connectivity index (χ4n) is 1.70. The highest BCUT2D eigenvalue weighted by Gasteiger charge is 2.12. The molecule has 0 unspecified atom stereocenters. The second-order valence-corrected chi connectivity index (χ2v) is 4.84. The van der Waals surface area contributed by atoms with Gasteiger partial charge in [0.2, 0.25) is 5.91 Å². The fourth-order valence-corrected chi connectivity index (χ4v) is 2.15. The summed E-state index contributed by atoms with van der Waals surface area (Å²) in [4.78, 5) is 25.4. The van der Waals surface area contributed by atoms with Crippen molar-refractivity contribution in [2.45, 2.75) is 20.4 Å². The molecule has 0 aliphatic rings. The topological polar surface area (TPSA) is 87.5 Å². The predicted molar refractivity (Wildman–Crippen MR) is 79.7 cm³/mol. The number of aliphatic hydroxyl groups is 1. The number of halogens is 1. The van der Waals surface area contributed by atoms with Gasteiger partial charge in [-0.25, -0.2) is 4.68 Å². The number of likely N-dealkylation sites (N-methyl/N-ethyl adjacent to an activating group) is 1. The third-order valence-corrected chi connectivity index (χ3v) is 3.61. The van der Waals surface area contributed by atoms with Crippen LogP contribution in [0.3, 0.4) is 0 Å². The van der Waals surface area contributed by atoms with Crippen molar-refractivity contribution in [1.29, 1.82) is 0 Å². The summed E-state index contributed by atoms with van der Waals surface area (Å²) < 4.78 is 1.45. The molecule has 0 saturated heterocycles. The molecule has 1 heterocycles. The molecule has 0 bridgehead atoms. The standard InChI is InChI=1S/C12H19BrN4O3/c1-3-16(4-2)10(19)8-14-9-7-15-17(5-6-18)12(20)11(9)13/h7,14,18H,3-6,8H2,1-2H3. The van der Waals surface area contributed by atoms with Crippen LogP contribution in [0, 0.1) is 0 Å². The minimum absolute atomic E-state index is 0.0403. The lowest BCUT2D eigenvalue weighted by Gasteiger charge is -2.19. The average molecular weight is 347 g/mol. The van der Waals surface area contributed by atoms with Gasteiger partial charge in [0.15, 0.2) is 0 Å². The summed E-state index contributed by atoms with van der Waals surface area (Å²) >= 11 is 3.18. The Bertz CT molecular complexity index is 514. The van der Waals surface area contributed by atoms with Crippen molar-refractivity contribution in [3.8, 4) is 0 Å². The van der Waals surface area contributed by atoms with Crippen LogP contribution in [0.2, 0.25) is 0 Å². The lowest BCUT2D eigenvalue weighted by atomic mass is 10.4. The molecule has 8 heteroatoms. The molecular formula is C12H19BrN4O3. The summed E-state index contributed by atoms with van der Waals surface area (Å²) in [6.07, 6.45) is 1.46. The van der Waals surface area contributed by atoms with Gasteiger partial charge >= 0.3 is 0 Å². The van der Waals surface area contributed by atoms with Crippen LogP contribution >= 0.6 is 15.9 Å². The number of aromatic nitrogens is 2. The van der Waals surface area contributed by atoms with Gasteiger partial charge in [0.1, 0.15) is 4.47 Å². The molecule has 1 aromatic heterocycles. The molecule has 7 nitrogen and oxygen atoms in total. The van der Waals surface area contributed by atoms with Crippen LogP contribution in [-0.4, -0.2) is 51.9 Å². The first-order chi connectivity index (χ1) is 9.54. The highest BCUT2D eigenvalue weighted by molar-refractivity contribution is 9.10. The number of carbonyl (C=O) groups is 1. The Balaban J connectivity index is 2.77.